The molecule has 0 aliphatic rings. The van der Waals surface area contributed by atoms with Gasteiger partial charge in [-0.1, -0.05) is 41.9 Å². The third kappa shape index (κ3) is 5.28. The summed E-state index contributed by atoms with van der Waals surface area (Å²) in [6.07, 6.45) is 0.148. The number of carbonyl (C=O) groups is 2. The van der Waals surface area contributed by atoms with Crippen molar-refractivity contribution in [3.63, 3.8) is 0 Å². The summed E-state index contributed by atoms with van der Waals surface area (Å²) in [7, 11) is 0. The van der Waals surface area contributed by atoms with E-state index in [9.17, 15) is 9.59 Å². The molecular weight excluding hydrogens is 328 g/mol. The highest BCUT2D eigenvalue weighted by molar-refractivity contribution is 6.30. The quantitative estimate of drug-likeness (QED) is 0.818. The summed E-state index contributed by atoms with van der Waals surface area (Å²) >= 11 is 5.79. The van der Waals surface area contributed by atoms with Gasteiger partial charge < -0.3 is 4.74 Å². The lowest BCUT2D eigenvalue weighted by atomic mass is 10.1. The highest BCUT2D eigenvalue weighted by Gasteiger charge is 2.09. The molecule has 0 unspecified atom stereocenters. The second kappa shape index (κ2) is 8.36. The summed E-state index contributed by atoms with van der Waals surface area (Å²) < 4.78 is 5.52. The van der Waals surface area contributed by atoms with Gasteiger partial charge in [-0.15, -0.1) is 0 Å². The van der Waals surface area contributed by atoms with Gasteiger partial charge in [0.25, 0.3) is 5.91 Å². The predicted molar refractivity (Wildman–Crippen MR) is 92.9 cm³/mol. The highest BCUT2D eigenvalue weighted by Crippen LogP contribution is 2.21. The first-order valence-electron chi connectivity index (χ1n) is 7.47. The summed E-state index contributed by atoms with van der Waals surface area (Å²) in [5, 5.41) is 0.608. The molecule has 0 aromatic heterocycles. The molecule has 6 heteroatoms. The Balaban J connectivity index is 1.76. The molecule has 0 bridgehead atoms. The van der Waals surface area contributed by atoms with Gasteiger partial charge in [-0.25, -0.2) is 0 Å². The van der Waals surface area contributed by atoms with E-state index in [0.29, 0.717) is 10.8 Å². The van der Waals surface area contributed by atoms with Gasteiger partial charge >= 0.3 is 0 Å². The number of hydrazine groups is 1. The summed E-state index contributed by atoms with van der Waals surface area (Å²) in [5.74, 6) is -0.0694. The van der Waals surface area contributed by atoms with Gasteiger partial charge in [-0.3, -0.25) is 20.4 Å². The Kier molecular flexibility index (Phi) is 6.21. The SMILES string of the molecule is Cc1cccc(C)c1OCC(=O)NNC(=O)Cc1ccc(Cl)cc1. The Hall–Kier alpha value is -2.53. The summed E-state index contributed by atoms with van der Waals surface area (Å²) in [5.41, 5.74) is 7.40. The molecule has 5 nitrogen and oxygen atoms in total. The Labute approximate surface area is 145 Å². The van der Waals surface area contributed by atoms with Crippen LogP contribution in [0.25, 0.3) is 0 Å². The van der Waals surface area contributed by atoms with Crippen molar-refractivity contribution >= 4 is 23.4 Å². The number of hydrogen-bond acceptors (Lipinski definition) is 3. The molecule has 0 radical (unpaired) electrons. The first-order valence-corrected chi connectivity index (χ1v) is 7.84. The Bertz CT molecular complexity index is 709. The van der Waals surface area contributed by atoms with Gasteiger partial charge in [0.05, 0.1) is 6.42 Å². The fraction of sp³-hybridized carbons (Fsp3) is 0.222. The average molecular weight is 347 g/mol. The molecule has 0 aliphatic heterocycles. The van der Waals surface area contributed by atoms with Crippen LogP contribution < -0.4 is 15.6 Å². The van der Waals surface area contributed by atoms with Gasteiger partial charge in [0.15, 0.2) is 6.61 Å². The molecule has 2 aromatic carbocycles. The van der Waals surface area contributed by atoms with E-state index >= 15 is 0 Å². The van der Waals surface area contributed by atoms with Crippen molar-refractivity contribution in [1.29, 1.82) is 0 Å². The minimum Gasteiger partial charge on any atom is -0.483 e. The normalized spacial score (nSPS) is 10.1. The number of ether oxygens (including phenoxy) is 1. The Morgan fingerprint density at radius 2 is 1.54 bits per heavy atom. The molecule has 2 rings (SSSR count). The van der Waals surface area contributed by atoms with E-state index in [1.165, 1.54) is 0 Å². The maximum atomic E-state index is 11.8. The molecule has 0 fully saturated rings. The minimum atomic E-state index is -0.429. The van der Waals surface area contributed by atoms with Crippen LogP contribution in [0.4, 0.5) is 0 Å². The predicted octanol–water partition coefficient (Wildman–Crippen LogP) is 2.73. The average Bonchev–Trinajstić information content (AvgIpc) is 2.54. The molecule has 24 heavy (non-hydrogen) atoms. The van der Waals surface area contributed by atoms with E-state index in [4.69, 9.17) is 16.3 Å². The second-order valence-corrected chi connectivity index (χ2v) is 5.85. The molecule has 0 atom stereocenters. The van der Waals surface area contributed by atoms with E-state index < -0.39 is 5.91 Å². The standard InChI is InChI=1S/C18H19ClN2O3/c1-12-4-3-5-13(2)18(12)24-11-17(23)21-20-16(22)10-14-6-8-15(19)9-7-14/h3-9H,10-11H2,1-2H3,(H,20,22)(H,21,23). The maximum Gasteiger partial charge on any atom is 0.276 e. The number of hydrogen-bond donors (Lipinski definition) is 2. The summed E-state index contributed by atoms with van der Waals surface area (Å²) in [6.45, 7) is 3.65. The molecule has 126 valence electrons. The lowest BCUT2D eigenvalue weighted by Crippen LogP contribution is -2.44. The molecule has 0 saturated heterocycles. The fourth-order valence-corrected chi connectivity index (χ4v) is 2.30. The topological polar surface area (TPSA) is 67.4 Å². The maximum absolute atomic E-state index is 11.8. The van der Waals surface area contributed by atoms with Gasteiger partial charge in [0.2, 0.25) is 5.91 Å². The third-order valence-electron chi connectivity index (χ3n) is 3.38. The van der Waals surface area contributed by atoms with Crippen molar-refractivity contribution in [2.24, 2.45) is 0 Å². The first-order chi connectivity index (χ1) is 11.5. The molecule has 2 amide bonds. The van der Waals surface area contributed by atoms with Crippen LogP contribution in [0.5, 0.6) is 5.75 Å². The van der Waals surface area contributed by atoms with Crippen LogP contribution in [0, 0.1) is 13.8 Å². The van der Waals surface area contributed by atoms with E-state index in [1.54, 1.807) is 24.3 Å². The highest BCUT2D eigenvalue weighted by atomic mass is 35.5. The van der Waals surface area contributed by atoms with Crippen molar-refractivity contribution in [3.8, 4) is 5.75 Å². The van der Waals surface area contributed by atoms with Crippen molar-refractivity contribution in [2.45, 2.75) is 20.3 Å². The zero-order chi connectivity index (χ0) is 17.5. The zero-order valence-corrected chi connectivity index (χ0v) is 14.3. The molecule has 2 aromatic rings. The van der Waals surface area contributed by atoms with Crippen LogP contribution in [0.3, 0.4) is 0 Å². The Morgan fingerprint density at radius 3 is 2.17 bits per heavy atom. The van der Waals surface area contributed by atoms with E-state index in [1.807, 2.05) is 32.0 Å². The van der Waals surface area contributed by atoms with Crippen molar-refractivity contribution in [2.75, 3.05) is 6.61 Å². The van der Waals surface area contributed by atoms with Gasteiger partial charge in [0.1, 0.15) is 5.75 Å². The van der Waals surface area contributed by atoms with Crippen molar-refractivity contribution in [1.82, 2.24) is 10.9 Å². The molecular formula is C18H19ClN2O3. The van der Waals surface area contributed by atoms with Crippen LogP contribution in [0.2, 0.25) is 5.02 Å². The van der Waals surface area contributed by atoms with Crippen LogP contribution >= 0.6 is 11.6 Å². The van der Waals surface area contributed by atoms with Gasteiger partial charge in [-0.05, 0) is 42.7 Å². The molecule has 0 aliphatic carbocycles. The van der Waals surface area contributed by atoms with Crippen molar-refractivity contribution < 1.29 is 14.3 Å². The zero-order valence-electron chi connectivity index (χ0n) is 13.6. The summed E-state index contributed by atoms with van der Waals surface area (Å²) in [6, 6.07) is 12.7. The number of benzene rings is 2. The second-order valence-electron chi connectivity index (χ2n) is 5.41. The van der Waals surface area contributed by atoms with Crippen LogP contribution in [-0.2, 0) is 16.0 Å². The number of nitrogens with one attached hydrogen (secondary N) is 2. The minimum absolute atomic E-state index is 0.148. The van der Waals surface area contributed by atoms with E-state index in [-0.39, 0.29) is 18.9 Å². The molecule has 0 heterocycles. The first kappa shape index (κ1) is 17.8. The monoisotopic (exact) mass is 346 g/mol. The molecule has 0 spiro atoms. The lowest BCUT2D eigenvalue weighted by molar-refractivity contribution is -0.129. The third-order valence-corrected chi connectivity index (χ3v) is 3.63. The number of halogens is 1. The lowest BCUT2D eigenvalue weighted by Gasteiger charge is -2.12. The largest absolute Gasteiger partial charge is 0.483 e. The Morgan fingerprint density at radius 1 is 0.958 bits per heavy atom. The number of amides is 2. The van der Waals surface area contributed by atoms with E-state index in [2.05, 4.69) is 10.9 Å². The van der Waals surface area contributed by atoms with Gasteiger partial charge in [-0.2, -0.15) is 0 Å². The molecule has 2 N–H and O–H groups in total. The number of para-hydroxylation sites is 1. The fourth-order valence-electron chi connectivity index (χ4n) is 2.17. The summed E-state index contributed by atoms with van der Waals surface area (Å²) in [4.78, 5) is 23.6. The van der Waals surface area contributed by atoms with Crippen LogP contribution in [0.15, 0.2) is 42.5 Å². The van der Waals surface area contributed by atoms with Crippen LogP contribution in [-0.4, -0.2) is 18.4 Å². The number of rotatable bonds is 5. The van der Waals surface area contributed by atoms with Crippen molar-refractivity contribution in [3.05, 3.63) is 64.2 Å². The van der Waals surface area contributed by atoms with Crippen LogP contribution in [0.1, 0.15) is 16.7 Å². The number of carbonyl (C=O) groups excluding carboxylic acids is 2. The van der Waals surface area contributed by atoms with E-state index in [0.717, 1.165) is 16.7 Å². The van der Waals surface area contributed by atoms with Gasteiger partial charge in [0, 0.05) is 5.02 Å². The number of aryl methyl sites for hydroxylation is 2. The smallest absolute Gasteiger partial charge is 0.276 e. The molecule has 0 saturated carbocycles.